The normalized spacial score (nSPS) is 49.2. The first kappa shape index (κ1) is 9.88. The van der Waals surface area contributed by atoms with E-state index in [1.165, 1.54) is 7.11 Å². The molecule has 12 heavy (non-hydrogen) atoms. The first-order chi connectivity index (χ1) is 5.57. The van der Waals surface area contributed by atoms with Gasteiger partial charge in [-0.1, -0.05) is 6.92 Å². The standard InChI is InChI=1S/C7H14O5/c1-3-4(8)5(9)7(11-2)12-6(3)10/h3-10H,1-2H3. The number of aliphatic hydroxyl groups is 3. The van der Waals surface area contributed by atoms with E-state index in [0.29, 0.717) is 0 Å². The van der Waals surface area contributed by atoms with E-state index in [1.807, 2.05) is 0 Å². The Hall–Kier alpha value is -0.200. The summed E-state index contributed by atoms with van der Waals surface area (Å²) in [5.41, 5.74) is 0. The van der Waals surface area contributed by atoms with Gasteiger partial charge in [-0.25, -0.2) is 0 Å². The molecule has 5 nitrogen and oxygen atoms in total. The third-order valence-corrected chi connectivity index (χ3v) is 2.12. The van der Waals surface area contributed by atoms with Crippen molar-refractivity contribution in [2.24, 2.45) is 5.92 Å². The van der Waals surface area contributed by atoms with Crippen LogP contribution in [0.2, 0.25) is 0 Å². The van der Waals surface area contributed by atoms with Crippen molar-refractivity contribution in [3.63, 3.8) is 0 Å². The highest BCUT2D eigenvalue weighted by Crippen LogP contribution is 2.24. The highest BCUT2D eigenvalue weighted by molar-refractivity contribution is 4.82. The summed E-state index contributed by atoms with van der Waals surface area (Å²) < 4.78 is 9.55. The van der Waals surface area contributed by atoms with E-state index in [-0.39, 0.29) is 0 Å². The maximum absolute atomic E-state index is 9.35. The Kier molecular flexibility index (Phi) is 3.03. The lowest BCUT2D eigenvalue weighted by molar-refractivity contribution is -0.321. The van der Waals surface area contributed by atoms with Crippen molar-refractivity contribution in [3.05, 3.63) is 0 Å². The number of methoxy groups -OCH3 is 1. The summed E-state index contributed by atoms with van der Waals surface area (Å²) in [4.78, 5) is 0. The molecule has 5 heteroatoms. The van der Waals surface area contributed by atoms with Crippen LogP contribution in [-0.4, -0.2) is 47.2 Å². The quantitative estimate of drug-likeness (QED) is 0.463. The number of ether oxygens (including phenoxy) is 2. The predicted octanol–water partition coefficient (Wildman–Crippen LogP) is -1.33. The molecule has 5 unspecified atom stereocenters. The number of rotatable bonds is 1. The fraction of sp³-hybridized carbons (Fsp3) is 1.00. The molecular formula is C7H14O5. The minimum absolute atomic E-state index is 0.508. The van der Waals surface area contributed by atoms with E-state index in [9.17, 15) is 15.3 Å². The van der Waals surface area contributed by atoms with E-state index < -0.39 is 30.7 Å². The Labute approximate surface area is 70.5 Å². The van der Waals surface area contributed by atoms with Crippen LogP contribution in [0.1, 0.15) is 6.92 Å². The molecule has 0 saturated carbocycles. The van der Waals surface area contributed by atoms with Gasteiger partial charge in [-0.15, -0.1) is 0 Å². The zero-order chi connectivity index (χ0) is 9.30. The summed E-state index contributed by atoms with van der Waals surface area (Å²) in [7, 11) is 1.34. The topological polar surface area (TPSA) is 79.2 Å². The van der Waals surface area contributed by atoms with Crippen LogP contribution in [0.25, 0.3) is 0 Å². The average molecular weight is 178 g/mol. The first-order valence-corrected chi connectivity index (χ1v) is 3.80. The van der Waals surface area contributed by atoms with Crippen molar-refractivity contribution in [2.45, 2.75) is 31.7 Å². The van der Waals surface area contributed by atoms with Gasteiger partial charge in [-0.3, -0.25) is 0 Å². The zero-order valence-electron chi connectivity index (χ0n) is 7.04. The van der Waals surface area contributed by atoms with Crippen LogP contribution < -0.4 is 0 Å². The molecule has 1 fully saturated rings. The van der Waals surface area contributed by atoms with Gasteiger partial charge >= 0.3 is 0 Å². The lowest BCUT2D eigenvalue weighted by Gasteiger charge is -2.38. The van der Waals surface area contributed by atoms with Crippen LogP contribution in [0.15, 0.2) is 0 Å². The molecule has 0 aromatic rings. The van der Waals surface area contributed by atoms with Gasteiger partial charge in [0, 0.05) is 13.0 Å². The fourth-order valence-electron chi connectivity index (χ4n) is 1.18. The van der Waals surface area contributed by atoms with Gasteiger partial charge < -0.3 is 24.8 Å². The predicted molar refractivity (Wildman–Crippen MR) is 39.1 cm³/mol. The summed E-state index contributed by atoms with van der Waals surface area (Å²) in [6.45, 7) is 1.59. The minimum atomic E-state index is -1.10. The monoisotopic (exact) mass is 178 g/mol. The molecule has 0 spiro atoms. The molecule has 1 aliphatic rings. The summed E-state index contributed by atoms with van der Waals surface area (Å²) in [6, 6.07) is 0. The Morgan fingerprint density at radius 1 is 1.17 bits per heavy atom. The van der Waals surface area contributed by atoms with Crippen molar-refractivity contribution in [1.82, 2.24) is 0 Å². The van der Waals surface area contributed by atoms with Crippen molar-refractivity contribution < 1.29 is 24.8 Å². The zero-order valence-corrected chi connectivity index (χ0v) is 7.04. The smallest absolute Gasteiger partial charge is 0.188 e. The highest BCUT2D eigenvalue weighted by Gasteiger charge is 2.41. The van der Waals surface area contributed by atoms with Crippen molar-refractivity contribution in [2.75, 3.05) is 7.11 Å². The Balaban J connectivity index is 2.63. The van der Waals surface area contributed by atoms with Gasteiger partial charge in [-0.05, 0) is 0 Å². The Morgan fingerprint density at radius 3 is 2.25 bits per heavy atom. The Morgan fingerprint density at radius 2 is 1.75 bits per heavy atom. The van der Waals surface area contributed by atoms with Gasteiger partial charge in [0.1, 0.15) is 6.10 Å². The molecule has 1 aliphatic heterocycles. The van der Waals surface area contributed by atoms with Gasteiger partial charge in [0.2, 0.25) is 0 Å². The van der Waals surface area contributed by atoms with Crippen LogP contribution in [0.3, 0.4) is 0 Å². The van der Waals surface area contributed by atoms with Gasteiger partial charge in [-0.2, -0.15) is 0 Å². The van der Waals surface area contributed by atoms with E-state index >= 15 is 0 Å². The molecule has 5 atom stereocenters. The second-order valence-corrected chi connectivity index (χ2v) is 2.97. The highest BCUT2D eigenvalue weighted by atomic mass is 16.7. The molecule has 0 amide bonds. The first-order valence-electron chi connectivity index (χ1n) is 3.80. The summed E-state index contributed by atoms with van der Waals surface area (Å²) in [5, 5.41) is 27.9. The molecule has 0 bridgehead atoms. The number of hydrogen-bond acceptors (Lipinski definition) is 5. The lowest BCUT2D eigenvalue weighted by atomic mass is 9.96. The molecule has 0 aliphatic carbocycles. The lowest BCUT2D eigenvalue weighted by Crippen LogP contribution is -2.54. The molecule has 0 radical (unpaired) electrons. The Bertz CT molecular complexity index is 146. The minimum Gasteiger partial charge on any atom is -0.390 e. The van der Waals surface area contributed by atoms with Crippen molar-refractivity contribution in [3.8, 4) is 0 Å². The third-order valence-electron chi connectivity index (χ3n) is 2.12. The number of hydrogen-bond donors (Lipinski definition) is 3. The third kappa shape index (κ3) is 1.60. The fourth-order valence-corrected chi connectivity index (χ4v) is 1.18. The second kappa shape index (κ2) is 3.68. The van der Waals surface area contributed by atoms with Crippen LogP contribution in [0, 0.1) is 5.92 Å². The van der Waals surface area contributed by atoms with E-state index in [0.717, 1.165) is 0 Å². The largest absolute Gasteiger partial charge is 0.390 e. The maximum atomic E-state index is 9.35. The summed E-state index contributed by atoms with van der Waals surface area (Å²) in [5.74, 6) is -0.508. The molecule has 0 aromatic heterocycles. The molecule has 72 valence electrons. The van der Waals surface area contributed by atoms with Crippen LogP contribution in [0.5, 0.6) is 0 Å². The molecule has 0 aromatic carbocycles. The van der Waals surface area contributed by atoms with Gasteiger partial charge in [0.15, 0.2) is 12.6 Å². The van der Waals surface area contributed by atoms with Crippen molar-refractivity contribution in [1.29, 1.82) is 0 Å². The summed E-state index contributed by atoms with van der Waals surface area (Å²) in [6.07, 6.45) is -4.16. The summed E-state index contributed by atoms with van der Waals surface area (Å²) >= 11 is 0. The van der Waals surface area contributed by atoms with Crippen molar-refractivity contribution >= 4 is 0 Å². The van der Waals surface area contributed by atoms with Gasteiger partial charge in [0.25, 0.3) is 0 Å². The molecular weight excluding hydrogens is 164 g/mol. The van der Waals surface area contributed by atoms with E-state index in [2.05, 4.69) is 0 Å². The van der Waals surface area contributed by atoms with E-state index in [1.54, 1.807) is 6.92 Å². The number of aliphatic hydroxyl groups excluding tert-OH is 3. The van der Waals surface area contributed by atoms with E-state index in [4.69, 9.17) is 9.47 Å². The molecule has 1 heterocycles. The van der Waals surface area contributed by atoms with Gasteiger partial charge in [0.05, 0.1) is 6.10 Å². The maximum Gasteiger partial charge on any atom is 0.188 e. The molecule has 1 rings (SSSR count). The SMILES string of the molecule is COC1OC(O)C(C)C(O)C1O. The van der Waals surface area contributed by atoms with Crippen LogP contribution >= 0.6 is 0 Å². The second-order valence-electron chi connectivity index (χ2n) is 2.97. The van der Waals surface area contributed by atoms with Crippen LogP contribution in [-0.2, 0) is 9.47 Å². The molecule has 1 saturated heterocycles. The van der Waals surface area contributed by atoms with Crippen LogP contribution in [0.4, 0.5) is 0 Å². The average Bonchev–Trinajstić information content (AvgIpc) is 2.08. The molecule has 3 N–H and O–H groups in total.